The Balaban J connectivity index is 1.55. The summed E-state index contributed by atoms with van der Waals surface area (Å²) in [6.07, 6.45) is 5.41. The third kappa shape index (κ3) is 3.52. The lowest BCUT2D eigenvalue weighted by Crippen LogP contribution is -2.21. The van der Waals surface area contributed by atoms with E-state index in [1.807, 2.05) is 30.3 Å². The van der Waals surface area contributed by atoms with Gasteiger partial charge in [-0.2, -0.15) is 0 Å². The summed E-state index contributed by atoms with van der Waals surface area (Å²) in [5.74, 6) is 3.03. The molecule has 1 unspecified atom stereocenters. The van der Waals surface area contributed by atoms with Crippen molar-refractivity contribution in [3.05, 3.63) is 66.1 Å². The lowest BCUT2D eigenvalue weighted by Gasteiger charge is -2.26. The van der Waals surface area contributed by atoms with Crippen LogP contribution in [0.3, 0.4) is 0 Å². The molecular formula is C21H22N4O. The first-order valence-electron chi connectivity index (χ1n) is 9.07. The summed E-state index contributed by atoms with van der Waals surface area (Å²) in [5.41, 5.74) is 3.28. The largest absolute Gasteiger partial charge is 0.493 e. The number of benzene rings is 1. The van der Waals surface area contributed by atoms with Crippen molar-refractivity contribution in [1.29, 1.82) is 0 Å². The predicted molar refractivity (Wildman–Crippen MR) is 102 cm³/mol. The van der Waals surface area contributed by atoms with E-state index in [9.17, 15) is 0 Å². The monoisotopic (exact) mass is 346 g/mol. The quantitative estimate of drug-likeness (QED) is 0.754. The Hall–Kier alpha value is -2.95. The smallest absolute Gasteiger partial charge is 0.161 e. The molecule has 5 nitrogen and oxygen atoms in total. The molecule has 1 aromatic carbocycles. The first kappa shape index (κ1) is 16.5. The van der Waals surface area contributed by atoms with E-state index in [-0.39, 0.29) is 0 Å². The molecule has 0 fully saturated rings. The van der Waals surface area contributed by atoms with Crippen molar-refractivity contribution in [3.63, 3.8) is 0 Å². The van der Waals surface area contributed by atoms with E-state index in [0.29, 0.717) is 5.92 Å². The molecule has 1 aliphatic rings. The maximum absolute atomic E-state index is 5.76. The van der Waals surface area contributed by atoms with Gasteiger partial charge in [-0.25, -0.2) is 9.97 Å². The summed E-state index contributed by atoms with van der Waals surface area (Å²) < 4.78 is 5.76. The fraction of sp³-hybridized carbons (Fsp3) is 0.286. The zero-order valence-corrected chi connectivity index (χ0v) is 14.9. The topological polar surface area (TPSA) is 59.9 Å². The van der Waals surface area contributed by atoms with E-state index < -0.39 is 0 Å². The van der Waals surface area contributed by atoms with Crippen LogP contribution in [0.5, 0.6) is 5.75 Å². The summed E-state index contributed by atoms with van der Waals surface area (Å²) in [5, 5.41) is 3.52. The van der Waals surface area contributed by atoms with Gasteiger partial charge in [-0.05, 0) is 36.6 Å². The highest BCUT2D eigenvalue weighted by molar-refractivity contribution is 5.57. The van der Waals surface area contributed by atoms with E-state index in [1.165, 1.54) is 5.56 Å². The highest BCUT2D eigenvalue weighted by atomic mass is 16.5. The zero-order valence-electron chi connectivity index (χ0n) is 14.9. The van der Waals surface area contributed by atoms with Gasteiger partial charge < -0.3 is 10.1 Å². The van der Waals surface area contributed by atoms with Gasteiger partial charge in [0, 0.05) is 42.2 Å². The molecule has 0 aliphatic carbocycles. The van der Waals surface area contributed by atoms with Crippen molar-refractivity contribution in [2.45, 2.75) is 25.7 Å². The van der Waals surface area contributed by atoms with E-state index in [4.69, 9.17) is 9.72 Å². The van der Waals surface area contributed by atoms with Crippen molar-refractivity contribution >= 4 is 5.82 Å². The Morgan fingerprint density at radius 2 is 1.96 bits per heavy atom. The molecule has 1 N–H and O–H groups in total. The number of aryl methyl sites for hydroxylation is 1. The third-order valence-electron chi connectivity index (χ3n) is 4.69. The highest BCUT2D eigenvalue weighted by Crippen LogP contribution is 2.33. The SMILES string of the molecule is CCc1cc(NCC2CCOc3ccccc32)nc(-c2ccncc2)n1. The van der Waals surface area contributed by atoms with Gasteiger partial charge in [0.1, 0.15) is 11.6 Å². The van der Waals surface area contributed by atoms with Crippen molar-refractivity contribution < 1.29 is 4.74 Å². The van der Waals surface area contributed by atoms with Crippen LogP contribution < -0.4 is 10.1 Å². The molecule has 5 heteroatoms. The summed E-state index contributed by atoms with van der Waals surface area (Å²) >= 11 is 0. The molecule has 0 bridgehead atoms. The normalized spacial score (nSPS) is 15.8. The standard InChI is InChI=1S/C21H22N4O/c1-2-17-13-20(25-21(24-17)15-7-10-22-11-8-15)23-14-16-9-12-26-19-6-4-3-5-18(16)19/h3-8,10-11,13,16H,2,9,12,14H2,1H3,(H,23,24,25). The van der Waals surface area contributed by atoms with Gasteiger partial charge in [0.05, 0.1) is 6.61 Å². The van der Waals surface area contributed by atoms with E-state index in [1.54, 1.807) is 12.4 Å². The average Bonchev–Trinajstić information content (AvgIpc) is 2.72. The van der Waals surface area contributed by atoms with Gasteiger partial charge in [-0.3, -0.25) is 4.98 Å². The Morgan fingerprint density at radius 3 is 2.81 bits per heavy atom. The van der Waals surface area contributed by atoms with Crippen LogP contribution in [-0.2, 0) is 6.42 Å². The first-order valence-corrected chi connectivity index (χ1v) is 9.07. The zero-order chi connectivity index (χ0) is 17.8. The molecule has 0 saturated heterocycles. The Kier molecular flexibility index (Phi) is 4.78. The number of nitrogens with zero attached hydrogens (tertiary/aromatic N) is 3. The molecule has 4 rings (SSSR count). The highest BCUT2D eigenvalue weighted by Gasteiger charge is 2.21. The van der Waals surface area contributed by atoms with Gasteiger partial charge in [0.15, 0.2) is 5.82 Å². The number of nitrogens with one attached hydrogen (secondary N) is 1. The van der Waals surface area contributed by atoms with Gasteiger partial charge in [0.25, 0.3) is 0 Å². The first-order chi connectivity index (χ1) is 12.8. The fourth-order valence-electron chi connectivity index (χ4n) is 3.25. The number of para-hydroxylation sites is 1. The van der Waals surface area contributed by atoms with Crippen LogP contribution in [0.25, 0.3) is 11.4 Å². The molecule has 1 aliphatic heterocycles. The van der Waals surface area contributed by atoms with E-state index in [2.05, 4.69) is 34.3 Å². The molecule has 3 aromatic rings. The van der Waals surface area contributed by atoms with Gasteiger partial charge >= 0.3 is 0 Å². The third-order valence-corrected chi connectivity index (χ3v) is 4.69. The minimum atomic E-state index is 0.421. The van der Waals surface area contributed by atoms with Gasteiger partial charge in [-0.1, -0.05) is 25.1 Å². The molecule has 3 heterocycles. The molecule has 0 amide bonds. The molecule has 1 atom stereocenters. The molecule has 0 saturated carbocycles. The molecule has 2 aromatic heterocycles. The maximum Gasteiger partial charge on any atom is 0.161 e. The molecule has 132 valence electrons. The Labute approximate surface area is 153 Å². The number of hydrogen-bond acceptors (Lipinski definition) is 5. The number of pyridine rings is 1. The van der Waals surface area contributed by atoms with Gasteiger partial charge in [0.2, 0.25) is 0 Å². The van der Waals surface area contributed by atoms with Crippen LogP contribution in [0.4, 0.5) is 5.82 Å². The summed E-state index contributed by atoms with van der Waals surface area (Å²) in [4.78, 5) is 13.4. The van der Waals surface area contributed by atoms with Crippen molar-refractivity contribution in [3.8, 4) is 17.1 Å². The van der Waals surface area contributed by atoms with Crippen molar-refractivity contribution in [1.82, 2.24) is 15.0 Å². The predicted octanol–water partition coefficient (Wildman–Crippen LogP) is 4.08. The number of ether oxygens (including phenoxy) is 1. The summed E-state index contributed by atoms with van der Waals surface area (Å²) in [7, 11) is 0. The van der Waals surface area contributed by atoms with Crippen LogP contribution in [0.2, 0.25) is 0 Å². The number of rotatable bonds is 5. The number of fused-ring (bicyclic) bond motifs is 1. The summed E-state index contributed by atoms with van der Waals surface area (Å²) in [6.45, 7) is 3.70. The van der Waals surface area contributed by atoms with Crippen LogP contribution in [0.1, 0.15) is 30.5 Å². The number of hydrogen-bond donors (Lipinski definition) is 1. The Bertz CT molecular complexity index is 882. The minimum absolute atomic E-state index is 0.421. The van der Waals surface area contributed by atoms with Crippen LogP contribution >= 0.6 is 0 Å². The molecular weight excluding hydrogens is 324 g/mol. The fourth-order valence-corrected chi connectivity index (χ4v) is 3.25. The second-order valence-corrected chi connectivity index (χ2v) is 6.41. The number of aromatic nitrogens is 3. The van der Waals surface area contributed by atoms with Crippen LogP contribution in [-0.4, -0.2) is 28.1 Å². The molecule has 0 radical (unpaired) electrons. The molecule has 0 spiro atoms. The summed E-state index contributed by atoms with van der Waals surface area (Å²) in [6, 6.07) is 14.2. The van der Waals surface area contributed by atoms with Crippen molar-refractivity contribution in [2.75, 3.05) is 18.5 Å². The lowest BCUT2D eigenvalue weighted by atomic mass is 9.93. The van der Waals surface area contributed by atoms with Crippen LogP contribution in [0.15, 0.2) is 54.9 Å². The van der Waals surface area contributed by atoms with Crippen molar-refractivity contribution in [2.24, 2.45) is 0 Å². The number of anilines is 1. The average molecular weight is 346 g/mol. The maximum atomic E-state index is 5.76. The molecule has 26 heavy (non-hydrogen) atoms. The Morgan fingerprint density at radius 1 is 1.12 bits per heavy atom. The van der Waals surface area contributed by atoms with Gasteiger partial charge in [-0.15, -0.1) is 0 Å². The van der Waals surface area contributed by atoms with Crippen LogP contribution in [0, 0.1) is 0 Å². The lowest BCUT2D eigenvalue weighted by molar-refractivity contribution is 0.270. The minimum Gasteiger partial charge on any atom is -0.493 e. The van der Waals surface area contributed by atoms with E-state index >= 15 is 0 Å². The second-order valence-electron chi connectivity index (χ2n) is 6.41. The van der Waals surface area contributed by atoms with E-state index in [0.717, 1.165) is 54.6 Å². The second kappa shape index (κ2) is 7.52.